The monoisotopic (exact) mass is 181 g/mol. The van der Waals surface area contributed by atoms with Gasteiger partial charge in [-0.3, -0.25) is 4.79 Å². The summed E-state index contributed by atoms with van der Waals surface area (Å²) in [6, 6.07) is 1.06. The third-order valence-corrected chi connectivity index (χ3v) is 1.58. The molecule has 0 radical (unpaired) electrons. The highest BCUT2D eigenvalue weighted by Crippen LogP contribution is 1.97. The summed E-state index contributed by atoms with van der Waals surface area (Å²) >= 11 is 0. The number of nitrogens with two attached hydrogens (primary N) is 1. The minimum atomic E-state index is -0.653. The molecule has 1 heterocycles. The summed E-state index contributed by atoms with van der Waals surface area (Å²) in [5.41, 5.74) is 6.25. The number of hydrogen-bond donors (Lipinski definition) is 1. The Kier molecular flexibility index (Phi) is 3.33. The Morgan fingerprint density at radius 3 is 3.08 bits per heavy atom. The molecule has 70 valence electrons. The van der Waals surface area contributed by atoms with Crippen molar-refractivity contribution in [2.45, 2.75) is 12.5 Å². The Morgan fingerprint density at radius 1 is 1.77 bits per heavy atom. The lowest BCUT2D eigenvalue weighted by Gasteiger charge is -2.07. The van der Waals surface area contributed by atoms with Crippen LogP contribution < -0.4 is 5.73 Å². The zero-order chi connectivity index (χ0) is 9.68. The molecule has 0 saturated carbocycles. The lowest BCUT2D eigenvalue weighted by Crippen LogP contribution is -2.33. The first-order valence-corrected chi connectivity index (χ1v) is 3.82. The average molecular weight is 181 g/mol. The van der Waals surface area contributed by atoms with Crippen LogP contribution in [0.3, 0.4) is 0 Å². The van der Waals surface area contributed by atoms with E-state index in [1.54, 1.807) is 12.3 Å². The van der Waals surface area contributed by atoms with Crippen LogP contribution in [0.15, 0.2) is 18.6 Å². The summed E-state index contributed by atoms with van der Waals surface area (Å²) in [6.45, 7) is 0. The molecule has 1 atom stereocenters. The zero-order valence-corrected chi connectivity index (χ0v) is 7.30. The molecule has 0 spiro atoms. The van der Waals surface area contributed by atoms with Crippen LogP contribution in [0.4, 0.5) is 0 Å². The lowest BCUT2D eigenvalue weighted by atomic mass is 10.2. The van der Waals surface area contributed by atoms with Crippen LogP contribution >= 0.6 is 0 Å². The summed E-state index contributed by atoms with van der Waals surface area (Å²) in [5, 5.41) is 0. The Bertz CT molecular complexity index is 276. The molecular weight excluding hydrogens is 170 g/mol. The summed E-state index contributed by atoms with van der Waals surface area (Å²) in [6.07, 6.45) is 3.39. The van der Waals surface area contributed by atoms with Gasteiger partial charge in [-0.05, 0) is 6.07 Å². The maximum atomic E-state index is 10.9. The van der Waals surface area contributed by atoms with Gasteiger partial charge in [-0.2, -0.15) is 0 Å². The van der Waals surface area contributed by atoms with E-state index in [2.05, 4.69) is 14.7 Å². The van der Waals surface area contributed by atoms with Crippen molar-refractivity contribution in [1.29, 1.82) is 0 Å². The van der Waals surface area contributed by atoms with Crippen LogP contribution in [0.5, 0.6) is 0 Å². The Morgan fingerprint density at radius 2 is 2.54 bits per heavy atom. The van der Waals surface area contributed by atoms with E-state index >= 15 is 0 Å². The molecule has 5 heteroatoms. The molecule has 0 fully saturated rings. The van der Waals surface area contributed by atoms with Gasteiger partial charge >= 0.3 is 5.97 Å². The molecule has 0 aromatic carbocycles. The average Bonchev–Trinajstić information content (AvgIpc) is 2.18. The van der Waals surface area contributed by atoms with Gasteiger partial charge in [0.15, 0.2) is 0 Å². The molecule has 0 aliphatic rings. The number of hydrogen-bond acceptors (Lipinski definition) is 5. The van der Waals surface area contributed by atoms with Gasteiger partial charge in [0.2, 0.25) is 0 Å². The van der Waals surface area contributed by atoms with Gasteiger partial charge in [-0.25, -0.2) is 9.97 Å². The SMILES string of the molecule is COC(=O)C(N)Cc1ccncn1. The van der Waals surface area contributed by atoms with Gasteiger partial charge in [-0.1, -0.05) is 0 Å². The van der Waals surface area contributed by atoms with Crippen molar-refractivity contribution >= 4 is 5.97 Å². The molecular formula is C8H11N3O2. The second kappa shape index (κ2) is 4.51. The van der Waals surface area contributed by atoms with Crippen LogP contribution in [0.2, 0.25) is 0 Å². The number of aromatic nitrogens is 2. The fraction of sp³-hybridized carbons (Fsp3) is 0.375. The van der Waals surface area contributed by atoms with Crippen molar-refractivity contribution in [3.8, 4) is 0 Å². The van der Waals surface area contributed by atoms with Crippen LogP contribution in [0.25, 0.3) is 0 Å². The molecule has 0 aliphatic carbocycles. The highest BCUT2D eigenvalue weighted by Gasteiger charge is 2.14. The number of carbonyl (C=O) groups is 1. The Labute approximate surface area is 75.9 Å². The van der Waals surface area contributed by atoms with E-state index in [0.29, 0.717) is 6.42 Å². The lowest BCUT2D eigenvalue weighted by molar-refractivity contribution is -0.142. The maximum Gasteiger partial charge on any atom is 0.323 e. The maximum absolute atomic E-state index is 10.9. The fourth-order valence-electron chi connectivity index (χ4n) is 0.899. The predicted molar refractivity (Wildman–Crippen MR) is 45.7 cm³/mol. The van der Waals surface area contributed by atoms with Gasteiger partial charge in [0.1, 0.15) is 12.4 Å². The van der Waals surface area contributed by atoms with Crippen molar-refractivity contribution in [2.24, 2.45) is 5.73 Å². The highest BCUT2D eigenvalue weighted by atomic mass is 16.5. The van der Waals surface area contributed by atoms with Gasteiger partial charge in [-0.15, -0.1) is 0 Å². The zero-order valence-electron chi connectivity index (χ0n) is 7.30. The number of methoxy groups -OCH3 is 1. The summed E-state index contributed by atoms with van der Waals surface area (Å²) in [5.74, 6) is -0.432. The molecule has 1 aromatic heterocycles. The first kappa shape index (κ1) is 9.60. The first-order chi connectivity index (χ1) is 6.24. The van der Waals surface area contributed by atoms with Crippen molar-refractivity contribution in [3.05, 3.63) is 24.3 Å². The van der Waals surface area contributed by atoms with Gasteiger partial charge in [0.05, 0.1) is 7.11 Å². The second-order valence-corrected chi connectivity index (χ2v) is 2.53. The summed E-state index contributed by atoms with van der Waals surface area (Å²) < 4.78 is 4.48. The second-order valence-electron chi connectivity index (χ2n) is 2.53. The van der Waals surface area contributed by atoms with E-state index in [1.807, 2.05) is 0 Å². The third-order valence-electron chi connectivity index (χ3n) is 1.58. The van der Waals surface area contributed by atoms with E-state index in [0.717, 1.165) is 5.69 Å². The van der Waals surface area contributed by atoms with E-state index in [4.69, 9.17) is 5.73 Å². The minimum absolute atomic E-state index is 0.370. The van der Waals surface area contributed by atoms with Crippen LogP contribution in [0, 0.1) is 0 Å². The largest absolute Gasteiger partial charge is 0.468 e. The van der Waals surface area contributed by atoms with Crippen LogP contribution in [0.1, 0.15) is 5.69 Å². The van der Waals surface area contributed by atoms with Gasteiger partial charge < -0.3 is 10.5 Å². The van der Waals surface area contributed by atoms with E-state index < -0.39 is 12.0 Å². The highest BCUT2D eigenvalue weighted by molar-refractivity contribution is 5.75. The van der Waals surface area contributed by atoms with Crippen molar-refractivity contribution in [3.63, 3.8) is 0 Å². The minimum Gasteiger partial charge on any atom is -0.468 e. The molecule has 1 aromatic rings. The number of rotatable bonds is 3. The molecule has 0 aliphatic heterocycles. The van der Waals surface area contributed by atoms with E-state index in [9.17, 15) is 4.79 Å². The molecule has 1 rings (SSSR count). The van der Waals surface area contributed by atoms with Gasteiger partial charge in [0.25, 0.3) is 0 Å². The van der Waals surface area contributed by atoms with Crippen LogP contribution in [-0.2, 0) is 16.0 Å². The number of ether oxygens (including phenoxy) is 1. The van der Waals surface area contributed by atoms with Crippen LogP contribution in [-0.4, -0.2) is 29.1 Å². The van der Waals surface area contributed by atoms with Crippen molar-refractivity contribution in [1.82, 2.24) is 9.97 Å². The number of esters is 1. The molecule has 13 heavy (non-hydrogen) atoms. The Hall–Kier alpha value is -1.49. The van der Waals surface area contributed by atoms with E-state index in [-0.39, 0.29) is 0 Å². The summed E-state index contributed by atoms with van der Waals surface area (Å²) in [7, 11) is 1.31. The normalized spacial score (nSPS) is 12.2. The Balaban J connectivity index is 2.55. The van der Waals surface area contributed by atoms with Crippen molar-refractivity contribution < 1.29 is 9.53 Å². The fourth-order valence-corrected chi connectivity index (χ4v) is 0.899. The molecule has 0 saturated heterocycles. The van der Waals surface area contributed by atoms with Gasteiger partial charge in [0, 0.05) is 18.3 Å². The molecule has 1 unspecified atom stereocenters. The molecule has 5 nitrogen and oxygen atoms in total. The van der Waals surface area contributed by atoms with E-state index in [1.165, 1.54) is 13.4 Å². The van der Waals surface area contributed by atoms with Crippen molar-refractivity contribution in [2.75, 3.05) is 7.11 Å². The third kappa shape index (κ3) is 2.79. The molecule has 2 N–H and O–H groups in total. The standard InChI is InChI=1S/C8H11N3O2/c1-13-8(12)7(9)4-6-2-3-10-5-11-6/h2-3,5,7H,4,9H2,1H3. The smallest absolute Gasteiger partial charge is 0.323 e. The number of carbonyl (C=O) groups excluding carboxylic acids is 1. The molecule has 0 amide bonds. The summed E-state index contributed by atoms with van der Waals surface area (Å²) in [4.78, 5) is 18.6. The predicted octanol–water partition coefficient (Wildman–Crippen LogP) is -0.481. The number of nitrogens with zero attached hydrogens (tertiary/aromatic N) is 2. The topological polar surface area (TPSA) is 78.1 Å². The molecule has 0 bridgehead atoms. The first-order valence-electron chi connectivity index (χ1n) is 3.82. The quantitative estimate of drug-likeness (QED) is 0.637.